The maximum absolute atomic E-state index is 11.3. The molecule has 0 bridgehead atoms. The van der Waals surface area contributed by atoms with Gasteiger partial charge in [0.15, 0.2) is 0 Å². The fourth-order valence-corrected chi connectivity index (χ4v) is 2.33. The number of hydrogen-bond acceptors (Lipinski definition) is 4. The molecule has 13 heavy (non-hydrogen) atoms. The summed E-state index contributed by atoms with van der Waals surface area (Å²) >= 11 is 1.42. The summed E-state index contributed by atoms with van der Waals surface area (Å²) in [6, 6.07) is 2.20. The van der Waals surface area contributed by atoms with E-state index in [2.05, 4.69) is 4.74 Å². The second kappa shape index (κ2) is 3.12. The summed E-state index contributed by atoms with van der Waals surface area (Å²) in [6.45, 7) is 0. The van der Waals surface area contributed by atoms with Gasteiger partial charge >= 0.3 is 5.97 Å². The molecule has 3 nitrogen and oxygen atoms in total. The summed E-state index contributed by atoms with van der Waals surface area (Å²) in [5, 5.41) is 1.91. The van der Waals surface area contributed by atoms with Gasteiger partial charge in [0.05, 0.1) is 7.11 Å². The van der Waals surface area contributed by atoms with E-state index in [1.54, 1.807) is 0 Å². The summed E-state index contributed by atoms with van der Waals surface area (Å²) in [4.78, 5) is 12.0. The highest BCUT2D eigenvalue weighted by Crippen LogP contribution is 2.42. The summed E-state index contributed by atoms with van der Waals surface area (Å²) in [5.41, 5.74) is 6.78. The Morgan fingerprint density at radius 2 is 2.46 bits per heavy atom. The molecule has 1 aliphatic rings. The molecule has 0 saturated heterocycles. The smallest absolute Gasteiger partial charge is 0.348 e. The monoisotopic (exact) mass is 197 g/mol. The zero-order valence-electron chi connectivity index (χ0n) is 7.32. The van der Waals surface area contributed by atoms with E-state index < -0.39 is 0 Å². The summed E-state index contributed by atoms with van der Waals surface area (Å²) in [7, 11) is 1.40. The van der Waals surface area contributed by atoms with Gasteiger partial charge in [-0.2, -0.15) is 0 Å². The van der Waals surface area contributed by atoms with Crippen molar-refractivity contribution in [3.05, 3.63) is 21.9 Å². The maximum Gasteiger partial charge on any atom is 0.348 e. The molecule has 2 N–H and O–H groups in total. The summed E-state index contributed by atoms with van der Waals surface area (Å²) in [6.07, 6.45) is 0.987. The Morgan fingerprint density at radius 1 is 1.77 bits per heavy atom. The minimum absolute atomic E-state index is 0.234. The SMILES string of the molecule is COC(=O)c1sccc1[C@@H]1C[C@H]1N. The lowest BCUT2D eigenvalue weighted by Crippen LogP contribution is -2.05. The van der Waals surface area contributed by atoms with Gasteiger partial charge in [0.2, 0.25) is 0 Å². The van der Waals surface area contributed by atoms with Crippen LogP contribution in [-0.2, 0) is 4.74 Å². The van der Waals surface area contributed by atoms with Crippen LogP contribution in [0.2, 0.25) is 0 Å². The van der Waals surface area contributed by atoms with Crippen LogP contribution in [-0.4, -0.2) is 19.1 Å². The topological polar surface area (TPSA) is 52.3 Å². The molecule has 1 aromatic heterocycles. The quantitative estimate of drug-likeness (QED) is 0.728. The van der Waals surface area contributed by atoms with Crippen molar-refractivity contribution >= 4 is 17.3 Å². The van der Waals surface area contributed by atoms with Crippen LogP contribution in [0.3, 0.4) is 0 Å². The van der Waals surface area contributed by atoms with E-state index in [0.29, 0.717) is 10.8 Å². The molecule has 1 aromatic rings. The maximum atomic E-state index is 11.3. The fraction of sp³-hybridized carbons (Fsp3) is 0.444. The predicted molar refractivity (Wildman–Crippen MR) is 51.0 cm³/mol. The number of hydrogen-bond donors (Lipinski definition) is 1. The lowest BCUT2D eigenvalue weighted by molar-refractivity contribution is 0.0605. The second-order valence-corrected chi connectivity index (χ2v) is 4.12. The number of rotatable bonds is 2. The molecule has 0 radical (unpaired) electrons. The third-order valence-electron chi connectivity index (χ3n) is 2.31. The normalized spacial score (nSPS) is 25.7. The van der Waals surface area contributed by atoms with Crippen LogP contribution in [0.5, 0.6) is 0 Å². The number of thiophene rings is 1. The number of ether oxygens (including phenoxy) is 1. The van der Waals surface area contributed by atoms with E-state index in [9.17, 15) is 4.79 Å². The van der Waals surface area contributed by atoms with Crippen molar-refractivity contribution in [1.29, 1.82) is 0 Å². The zero-order chi connectivity index (χ0) is 9.42. The van der Waals surface area contributed by atoms with Crippen molar-refractivity contribution < 1.29 is 9.53 Å². The first kappa shape index (κ1) is 8.72. The Bertz CT molecular complexity index is 334. The molecule has 0 unspecified atom stereocenters. The number of nitrogens with two attached hydrogens (primary N) is 1. The molecule has 1 saturated carbocycles. The van der Waals surface area contributed by atoms with Crippen LogP contribution in [0.4, 0.5) is 0 Å². The van der Waals surface area contributed by atoms with E-state index in [1.165, 1.54) is 18.4 Å². The van der Waals surface area contributed by atoms with E-state index in [0.717, 1.165) is 12.0 Å². The molecule has 1 heterocycles. The zero-order valence-corrected chi connectivity index (χ0v) is 8.14. The molecular formula is C9H11NO2S. The third kappa shape index (κ3) is 1.47. The largest absolute Gasteiger partial charge is 0.465 e. The van der Waals surface area contributed by atoms with Crippen molar-refractivity contribution in [2.24, 2.45) is 5.73 Å². The third-order valence-corrected chi connectivity index (χ3v) is 3.22. The van der Waals surface area contributed by atoms with E-state index in [4.69, 9.17) is 5.73 Å². The molecule has 0 spiro atoms. The average Bonchev–Trinajstić information content (AvgIpc) is 2.69. The molecule has 0 amide bonds. The highest BCUT2D eigenvalue weighted by Gasteiger charge is 2.38. The Morgan fingerprint density at radius 3 is 3.00 bits per heavy atom. The minimum atomic E-state index is -0.246. The molecule has 2 atom stereocenters. The van der Waals surface area contributed by atoms with Gasteiger partial charge in [0.1, 0.15) is 4.88 Å². The van der Waals surface area contributed by atoms with Crippen LogP contribution in [0.25, 0.3) is 0 Å². The van der Waals surface area contributed by atoms with Crippen molar-refractivity contribution in [3.8, 4) is 0 Å². The van der Waals surface area contributed by atoms with E-state index in [1.807, 2.05) is 11.4 Å². The molecule has 0 aliphatic heterocycles. The second-order valence-electron chi connectivity index (χ2n) is 3.20. The van der Waals surface area contributed by atoms with Crippen LogP contribution in [0.15, 0.2) is 11.4 Å². The highest BCUT2D eigenvalue weighted by atomic mass is 32.1. The predicted octanol–water partition coefficient (Wildman–Crippen LogP) is 1.35. The Balaban J connectivity index is 2.26. The Labute approximate surface area is 80.5 Å². The number of methoxy groups -OCH3 is 1. The van der Waals surface area contributed by atoms with Crippen LogP contribution in [0, 0.1) is 0 Å². The van der Waals surface area contributed by atoms with Gasteiger partial charge in [-0.15, -0.1) is 11.3 Å². The van der Waals surface area contributed by atoms with Crippen molar-refractivity contribution in [3.63, 3.8) is 0 Å². The lowest BCUT2D eigenvalue weighted by atomic mass is 10.1. The Kier molecular flexibility index (Phi) is 2.09. The minimum Gasteiger partial charge on any atom is -0.465 e. The molecule has 4 heteroatoms. The van der Waals surface area contributed by atoms with Gasteiger partial charge in [0.25, 0.3) is 0 Å². The standard InChI is InChI=1S/C9H11NO2S/c1-12-9(11)8-5(2-3-13-8)6-4-7(6)10/h2-3,6-7H,4,10H2,1H3/t6-,7+/m0/s1. The van der Waals surface area contributed by atoms with E-state index in [-0.39, 0.29) is 12.0 Å². The van der Waals surface area contributed by atoms with Crippen LogP contribution >= 0.6 is 11.3 Å². The Hall–Kier alpha value is -0.870. The molecule has 70 valence electrons. The fourth-order valence-electron chi connectivity index (χ4n) is 1.44. The van der Waals surface area contributed by atoms with Gasteiger partial charge in [-0.1, -0.05) is 0 Å². The first-order valence-corrected chi connectivity index (χ1v) is 5.03. The summed E-state index contributed by atoms with van der Waals surface area (Å²) < 4.78 is 4.68. The molecule has 1 aliphatic carbocycles. The van der Waals surface area contributed by atoms with Crippen LogP contribution in [0.1, 0.15) is 27.6 Å². The molecule has 1 fully saturated rings. The average molecular weight is 197 g/mol. The van der Waals surface area contributed by atoms with Crippen molar-refractivity contribution in [2.45, 2.75) is 18.4 Å². The van der Waals surface area contributed by atoms with Gasteiger partial charge in [0, 0.05) is 12.0 Å². The van der Waals surface area contributed by atoms with E-state index >= 15 is 0 Å². The molecular weight excluding hydrogens is 186 g/mol. The van der Waals surface area contributed by atoms with Gasteiger partial charge in [-0.05, 0) is 23.4 Å². The summed E-state index contributed by atoms with van der Waals surface area (Å²) in [5.74, 6) is 0.129. The molecule has 2 rings (SSSR count). The first-order valence-electron chi connectivity index (χ1n) is 4.15. The number of carbonyl (C=O) groups excluding carboxylic acids is 1. The van der Waals surface area contributed by atoms with Gasteiger partial charge in [-0.25, -0.2) is 4.79 Å². The van der Waals surface area contributed by atoms with Gasteiger partial charge < -0.3 is 10.5 Å². The van der Waals surface area contributed by atoms with Crippen LogP contribution < -0.4 is 5.73 Å². The highest BCUT2D eigenvalue weighted by molar-refractivity contribution is 7.12. The number of esters is 1. The van der Waals surface area contributed by atoms with Crippen molar-refractivity contribution in [1.82, 2.24) is 0 Å². The molecule has 0 aromatic carbocycles. The lowest BCUT2D eigenvalue weighted by Gasteiger charge is -1.99. The van der Waals surface area contributed by atoms with Gasteiger partial charge in [-0.3, -0.25) is 0 Å². The first-order chi connectivity index (χ1) is 6.24. The van der Waals surface area contributed by atoms with Crippen molar-refractivity contribution in [2.75, 3.05) is 7.11 Å². The number of carbonyl (C=O) groups is 1.